The van der Waals surface area contributed by atoms with E-state index in [2.05, 4.69) is 15.5 Å². The quantitative estimate of drug-likeness (QED) is 0.832. The molecule has 0 atom stereocenters. The Balaban J connectivity index is 1.84. The molecular formula is C14H20ClN5O. The zero-order valence-electron chi connectivity index (χ0n) is 12.6. The normalized spacial score (nSPS) is 10.9. The molecule has 0 fully saturated rings. The van der Waals surface area contributed by atoms with Crippen molar-refractivity contribution in [1.82, 2.24) is 24.9 Å². The largest absolute Gasteiger partial charge is 0.351 e. The number of carbonyl (C=O) groups is 1. The molecule has 2 heterocycles. The highest BCUT2D eigenvalue weighted by Crippen LogP contribution is 2.14. The van der Waals surface area contributed by atoms with E-state index in [-0.39, 0.29) is 5.91 Å². The smallest absolute Gasteiger partial charge is 0.271 e. The predicted octanol–water partition coefficient (Wildman–Crippen LogP) is 2.19. The molecule has 0 saturated carbocycles. The molecule has 0 bridgehead atoms. The van der Waals surface area contributed by atoms with Gasteiger partial charge in [0.05, 0.1) is 16.9 Å². The maximum Gasteiger partial charge on any atom is 0.271 e. The molecule has 7 heteroatoms. The zero-order chi connectivity index (χ0) is 15.4. The highest BCUT2D eigenvalue weighted by Gasteiger charge is 2.16. The molecule has 0 aliphatic carbocycles. The molecule has 6 nitrogen and oxygen atoms in total. The molecule has 2 aromatic heterocycles. The van der Waals surface area contributed by atoms with E-state index in [0.29, 0.717) is 23.8 Å². The first kappa shape index (κ1) is 15.6. The summed E-state index contributed by atoms with van der Waals surface area (Å²) >= 11 is 5.99. The first-order chi connectivity index (χ1) is 10.0. The van der Waals surface area contributed by atoms with E-state index < -0.39 is 0 Å². The number of hydrogen-bond donors (Lipinski definition) is 1. The second-order valence-electron chi connectivity index (χ2n) is 4.92. The molecule has 0 saturated heterocycles. The van der Waals surface area contributed by atoms with Crippen molar-refractivity contribution in [2.75, 3.05) is 6.54 Å². The van der Waals surface area contributed by atoms with Crippen molar-refractivity contribution in [2.24, 2.45) is 0 Å². The predicted molar refractivity (Wildman–Crippen MR) is 81.6 cm³/mol. The monoisotopic (exact) mass is 309 g/mol. The molecule has 1 N–H and O–H groups in total. The van der Waals surface area contributed by atoms with Crippen molar-refractivity contribution in [3.05, 3.63) is 34.4 Å². The van der Waals surface area contributed by atoms with Gasteiger partial charge in [-0.2, -0.15) is 10.2 Å². The number of halogens is 1. The minimum Gasteiger partial charge on any atom is -0.351 e. The van der Waals surface area contributed by atoms with Crippen molar-refractivity contribution in [3.8, 4) is 0 Å². The van der Waals surface area contributed by atoms with Crippen molar-refractivity contribution >= 4 is 17.5 Å². The molecule has 1 amide bonds. The van der Waals surface area contributed by atoms with Gasteiger partial charge in [-0.05, 0) is 33.3 Å². The molecule has 0 aliphatic heterocycles. The summed E-state index contributed by atoms with van der Waals surface area (Å²) in [5, 5.41) is 11.7. The first-order valence-corrected chi connectivity index (χ1v) is 7.41. The van der Waals surface area contributed by atoms with Gasteiger partial charge in [-0.3, -0.25) is 14.2 Å². The third-order valence-electron chi connectivity index (χ3n) is 3.25. The lowest BCUT2D eigenvalue weighted by Gasteiger charge is -2.08. The molecule has 0 unspecified atom stereocenters. The van der Waals surface area contributed by atoms with Gasteiger partial charge in [0.1, 0.15) is 5.69 Å². The topological polar surface area (TPSA) is 64.7 Å². The van der Waals surface area contributed by atoms with Gasteiger partial charge in [0, 0.05) is 25.3 Å². The Morgan fingerprint density at radius 2 is 2.14 bits per heavy atom. The summed E-state index contributed by atoms with van der Waals surface area (Å²) < 4.78 is 3.55. The Hall–Kier alpha value is -1.82. The fourth-order valence-electron chi connectivity index (χ4n) is 2.24. The average molecular weight is 310 g/mol. The van der Waals surface area contributed by atoms with Crippen molar-refractivity contribution < 1.29 is 4.79 Å². The van der Waals surface area contributed by atoms with Crippen LogP contribution in [0.2, 0.25) is 5.02 Å². The number of hydrogen-bond acceptors (Lipinski definition) is 3. The van der Waals surface area contributed by atoms with Crippen LogP contribution in [0.3, 0.4) is 0 Å². The van der Waals surface area contributed by atoms with Crippen molar-refractivity contribution in [3.63, 3.8) is 0 Å². The summed E-state index contributed by atoms with van der Waals surface area (Å²) in [4.78, 5) is 12.1. The third kappa shape index (κ3) is 3.64. The van der Waals surface area contributed by atoms with Crippen molar-refractivity contribution in [1.29, 1.82) is 0 Å². The van der Waals surface area contributed by atoms with Crippen LogP contribution in [-0.4, -0.2) is 32.0 Å². The molecule has 0 aliphatic rings. The Labute approximate surface area is 129 Å². The Morgan fingerprint density at radius 1 is 1.38 bits per heavy atom. The van der Waals surface area contributed by atoms with E-state index in [4.69, 9.17) is 11.6 Å². The molecule has 0 spiro atoms. The number of nitrogens with one attached hydrogen (secondary N) is 1. The second-order valence-corrected chi connectivity index (χ2v) is 5.32. The van der Waals surface area contributed by atoms with Gasteiger partial charge in [-0.15, -0.1) is 0 Å². The van der Waals surface area contributed by atoms with Crippen LogP contribution in [0.25, 0.3) is 0 Å². The van der Waals surface area contributed by atoms with Crippen LogP contribution in [0, 0.1) is 13.8 Å². The highest BCUT2D eigenvalue weighted by molar-refractivity contribution is 6.33. The molecule has 114 valence electrons. The van der Waals surface area contributed by atoms with Gasteiger partial charge in [0.25, 0.3) is 5.91 Å². The minimum atomic E-state index is -0.187. The van der Waals surface area contributed by atoms with E-state index in [1.165, 1.54) is 6.20 Å². The number of carbonyl (C=O) groups excluding carboxylic acids is 1. The van der Waals surface area contributed by atoms with Crippen LogP contribution < -0.4 is 5.32 Å². The van der Waals surface area contributed by atoms with Gasteiger partial charge in [-0.1, -0.05) is 11.6 Å². The van der Waals surface area contributed by atoms with E-state index in [1.807, 2.05) is 31.5 Å². The lowest BCUT2D eigenvalue weighted by atomic mass is 10.3. The highest BCUT2D eigenvalue weighted by atomic mass is 35.5. The summed E-state index contributed by atoms with van der Waals surface area (Å²) in [6, 6.07) is 2.04. The summed E-state index contributed by atoms with van der Waals surface area (Å²) in [6.07, 6.45) is 2.31. The Morgan fingerprint density at radius 3 is 2.76 bits per heavy atom. The van der Waals surface area contributed by atoms with Crippen LogP contribution in [0.5, 0.6) is 0 Å². The van der Waals surface area contributed by atoms with Gasteiger partial charge < -0.3 is 5.32 Å². The SMILES string of the molecule is CCn1ncc(Cl)c1C(=O)NCCCn1nc(C)cc1C. The van der Waals surface area contributed by atoms with E-state index in [0.717, 1.165) is 24.4 Å². The van der Waals surface area contributed by atoms with Gasteiger partial charge >= 0.3 is 0 Å². The molecule has 2 rings (SSSR count). The van der Waals surface area contributed by atoms with Crippen LogP contribution in [0.15, 0.2) is 12.3 Å². The van der Waals surface area contributed by atoms with E-state index >= 15 is 0 Å². The van der Waals surface area contributed by atoms with Crippen molar-refractivity contribution in [2.45, 2.75) is 40.3 Å². The fraction of sp³-hybridized carbons (Fsp3) is 0.500. The molecular weight excluding hydrogens is 290 g/mol. The van der Waals surface area contributed by atoms with Crippen LogP contribution in [-0.2, 0) is 13.1 Å². The van der Waals surface area contributed by atoms with E-state index in [1.54, 1.807) is 4.68 Å². The number of rotatable bonds is 6. The number of nitrogens with zero attached hydrogens (tertiary/aromatic N) is 4. The summed E-state index contributed by atoms with van der Waals surface area (Å²) in [6.45, 7) is 7.88. The third-order valence-corrected chi connectivity index (χ3v) is 3.52. The summed E-state index contributed by atoms with van der Waals surface area (Å²) in [7, 11) is 0. The first-order valence-electron chi connectivity index (χ1n) is 7.03. The Bertz CT molecular complexity index is 631. The zero-order valence-corrected chi connectivity index (χ0v) is 13.3. The summed E-state index contributed by atoms with van der Waals surface area (Å²) in [5.74, 6) is -0.187. The number of amides is 1. The maximum atomic E-state index is 12.1. The molecule has 0 radical (unpaired) electrons. The minimum absolute atomic E-state index is 0.187. The average Bonchev–Trinajstić information content (AvgIpc) is 2.97. The molecule has 2 aromatic rings. The lowest BCUT2D eigenvalue weighted by molar-refractivity contribution is 0.0942. The lowest BCUT2D eigenvalue weighted by Crippen LogP contribution is -2.28. The summed E-state index contributed by atoms with van der Waals surface area (Å²) in [5.41, 5.74) is 2.56. The van der Waals surface area contributed by atoms with E-state index in [9.17, 15) is 4.79 Å². The fourth-order valence-corrected chi connectivity index (χ4v) is 2.47. The second kappa shape index (κ2) is 6.76. The van der Waals surface area contributed by atoms with Gasteiger partial charge in [0.2, 0.25) is 0 Å². The van der Waals surface area contributed by atoms with Gasteiger partial charge in [-0.25, -0.2) is 0 Å². The van der Waals surface area contributed by atoms with Crippen LogP contribution in [0.4, 0.5) is 0 Å². The van der Waals surface area contributed by atoms with Gasteiger partial charge in [0.15, 0.2) is 0 Å². The molecule has 21 heavy (non-hydrogen) atoms. The standard InChI is InChI=1S/C14H20ClN5O/c1-4-19-13(12(15)9-17-19)14(21)16-6-5-7-20-11(3)8-10(2)18-20/h8-9H,4-7H2,1-3H3,(H,16,21). The van der Waals surface area contributed by atoms with Crippen LogP contribution >= 0.6 is 11.6 Å². The maximum absolute atomic E-state index is 12.1. The molecule has 0 aromatic carbocycles. The number of aromatic nitrogens is 4. The Kier molecular flexibility index (Phi) is 5.01. The van der Waals surface area contributed by atoms with Crippen LogP contribution in [0.1, 0.15) is 35.2 Å². The number of aryl methyl sites for hydroxylation is 4.